The van der Waals surface area contributed by atoms with Crippen molar-refractivity contribution in [2.24, 2.45) is 22.2 Å². The quantitative estimate of drug-likeness (QED) is 0.371. The van der Waals surface area contributed by atoms with E-state index in [9.17, 15) is 0 Å². The third-order valence-corrected chi connectivity index (χ3v) is 3.57. The number of amidine groups is 1. The van der Waals surface area contributed by atoms with Crippen LogP contribution >= 0.6 is 11.6 Å². The molecule has 1 heterocycles. The first kappa shape index (κ1) is 17.1. The van der Waals surface area contributed by atoms with Gasteiger partial charge in [-0.15, -0.1) is 0 Å². The average molecular weight is 336 g/mol. The van der Waals surface area contributed by atoms with Crippen molar-refractivity contribution in [2.75, 3.05) is 13.6 Å². The van der Waals surface area contributed by atoms with Crippen LogP contribution < -0.4 is 17.2 Å². The van der Waals surface area contributed by atoms with Gasteiger partial charge in [0.2, 0.25) is 0 Å². The number of hydrogen-bond acceptors (Lipinski definition) is 5. The Labute approximate surface area is 140 Å². The van der Waals surface area contributed by atoms with Gasteiger partial charge in [-0.2, -0.15) is 5.10 Å². The number of aromatic nitrogens is 2. The molecule has 1 aromatic heterocycles. The molecular formula is C15H22ClN7. The van der Waals surface area contributed by atoms with E-state index < -0.39 is 0 Å². The van der Waals surface area contributed by atoms with Gasteiger partial charge in [-0.05, 0) is 32.0 Å². The van der Waals surface area contributed by atoms with E-state index in [1.165, 1.54) is 0 Å². The van der Waals surface area contributed by atoms with Crippen LogP contribution in [0.3, 0.4) is 0 Å². The molecule has 0 fully saturated rings. The minimum absolute atomic E-state index is 0.0487. The standard InChI is InChI=1S/C15H22ClN7/c1-8(17)7-23(3)15(13(16)18)20-14(19)10-4-5-12-11(6-10)9(2)21-22-12/h4-6,8H,7,17-18H2,1-3H3,(H2,19,20)(H,21,22)/b15-13+. The maximum atomic E-state index is 6.13. The second-order valence-electron chi connectivity index (χ2n) is 5.61. The maximum Gasteiger partial charge on any atom is 0.165 e. The lowest BCUT2D eigenvalue weighted by molar-refractivity contribution is 0.385. The topological polar surface area (TPSA) is 122 Å². The summed E-state index contributed by atoms with van der Waals surface area (Å²) in [7, 11) is 1.81. The lowest BCUT2D eigenvalue weighted by Gasteiger charge is -2.22. The highest BCUT2D eigenvalue weighted by Crippen LogP contribution is 2.18. The predicted octanol–water partition coefficient (Wildman–Crippen LogP) is 1.18. The summed E-state index contributed by atoms with van der Waals surface area (Å²) >= 11 is 5.95. The molecule has 0 aliphatic heterocycles. The van der Waals surface area contributed by atoms with Crippen LogP contribution in [0, 0.1) is 6.92 Å². The third kappa shape index (κ3) is 3.94. The molecule has 23 heavy (non-hydrogen) atoms. The average Bonchev–Trinajstić information content (AvgIpc) is 2.84. The Morgan fingerprint density at radius 2 is 2.13 bits per heavy atom. The Morgan fingerprint density at radius 3 is 2.74 bits per heavy atom. The number of hydrogen-bond donors (Lipinski definition) is 4. The molecule has 1 atom stereocenters. The van der Waals surface area contributed by atoms with Crippen LogP contribution in [-0.2, 0) is 0 Å². The maximum absolute atomic E-state index is 6.13. The van der Waals surface area contributed by atoms with Gasteiger partial charge in [0.25, 0.3) is 0 Å². The molecule has 2 aromatic rings. The number of aromatic amines is 1. The number of aryl methyl sites for hydroxylation is 1. The molecule has 1 unspecified atom stereocenters. The summed E-state index contributed by atoms with van der Waals surface area (Å²) in [6.45, 7) is 4.39. The minimum Gasteiger partial charge on any atom is -0.386 e. The van der Waals surface area contributed by atoms with Crippen LogP contribution in [0.1, 0.15) is 18.2 Å². The second kappa shape index (κ2) is 6.89. The summed E-state index contributed by atoms with van der Waals surface area (Å²) in [5, 5.41) is 8.19. The fraction of sp³-hybridized carbons (Fsp3) is 0.333. The van der Waals surface area contributed by atoms with E-state index in [0.29, 0.717) is 18.2 Å². The number of H-pyrrole nitrogens is 1. The summed E-state index contributed by atoms with van der Waals surface area (Å²) in [5.41, 5.74) is 20.3. The molecule has 124 valence electrons. The molecule has 0 saturated heterocycles. The molecule has 8 heteroatoms. The normalized spacial score (nSPS) is 14.7. The molecule has 0 amide bonds. The van der Waals surface area contributed by atoms with Crippen molar-refractivity contribution in [3.63, 3.8) is 0 Å². The zero-order chi connectivity index (χ0) is 17.1. The number of aliphatic imine (C=N–C) groups is 1. The van der Waals surface area contributed by atoms with Crippen molar-refractivity contribution in [1.82, 2.24) is 15.1 Å². The number of benzene rings is 1. The molecule has 7 nitrogen and oxygen atoms in total. The highest BCUT2D eigenvalue weighted by atomic mass is 35.5. The number of fused-ring (bicyclic) bond motifs is 1. The van der Waals surface area contributed by atoms with E-state index in [2.05, 4.69) is 15.2 Å². The largest absolute Gasteiger partial charge is 0.386 e. The van der Waals surface area contributed by atoms with Crippen molar-refractivity contribution in [2.45, 2.75) is 19.9 Å². The first-order valence-corrected chi connectivity index (χ1v) is 7.58. The smallest absolute Gasteiger partial charge is 0.165 e. The van der Waals surface area contributed by atoms with E-state index in [0.717, 1.165) is 22.2 Å². The number of rotatable bonds is 5. The van der Waals surface area contributed by atoms with Gasteiger partial charge in [-0.3, -0.25) is 5.10 Å². The molecular weight excluding hydrogens is 314 g/mol. The van der Waals surface area contributed by atoms with E-state index >= 15 is 0 Å². The van der Waals surface area contributed by atoms with E-state index in [1.807, 2.05) is 39.1 Å². The van der Waals surface area contributed by atoms with E-state index in [1.54, 1.807) is 4.90 Å². The van der Waals surface area contributed by atoms with Gasteiger partial charge >= 0.3 is 0 Å². The number of nitrogens with zero attached hydrogens (tertiary/aromatic N) is 3. The SMILES string of the molecule is Cc1[nH]nc2ccc(/C(N)=N/C(=C(\N)Cl)N(C)CC(C)N)cc12. The van der Waals surface area contributed by atoms with Crippen LogP contribution in [0.5, 0.6) is 0 Å². The van der Waals surface area contributed by atoms with E-state index in [4.69, 9.17) is 28.8 Å². The lowest BCUT2D eigenvalue weighted by atomic mass is 10.1. The van der Waals surface area contributed by atoms with Gasteiger partial charge in [-0.1, -0.05) is 11.6 Å². The highest BCUT2D eigenvalue weighted by molar-refractivity contribution is 6.29. The zero-order valence-corrected chi connectivity index (χ0v) is 14.2. The summed E-state index contributed by atoms with van der Waals surface area (Å²) in [4.78, 5) is 6.16. The monoisotopic (exact) mass is 335 g/mol. The molecule has 0 aliphatic carbocycles. The number of nitrogens with two attached hydrogens (primary N) is 3. The molecule has 0 saturated carbocycles. The van der Waals surface area contributed by atoms with Crippen LogP contribution in [0.15, 0.2) is 34.2 Å². The fourth-order valence-corrected chi connectivity index (χ4v) is 2.50. The van der Waals surface area contributed by atoms with Gasteiger partial charge in [-0.25, -0.2) is 4.99 Å². The van der Waals surface area contributed by atoms with Crippen molar-refractivity contribution in [1.29, 1.82) is 0 Å². The molecule has 0 aliphatic rings. The molecule has 0 bridgehead atoms. The first-order valence-electron chi connectivity index (χ1n) is 7.20. The Bertz CT molecular complexity index is 756. The predicted molar refractivity (Wildman–Crippen MR) is 94.9 cm³/mol. The van der Waals surface area contributed by atoms with Gasteiger partial charge in [0.05, 0.1) is 5.52 Å². The molecule has 2 rings (SSSR count). The van der Waals surface area contributed by atoms with Crippen molar-refractivity contribution in [3.8, 4) is 0 Å². The summed E-state index contributed by atoms with van der Waals surface area (Å²) in [6, 6.07) is 5.62. The van der Waals surface area contributed by atoms with Gasteiger partial charge in [0, 0.05) is 36.3 Å². The van der Waals surface area contributed by atoms with Crippen LogP contribution in [0.25, 0.3) is 10.9 Å². The minimum atomic E-state index is -0.0487. The van der Waals surface area contributed by atoms with Crippen LogP contribution in [0.2, 0.25) is 0 Å². The number of nitrogens with one attached hydrogen (secondary N) is 1. The molecule has 1 aromatic carbocycles. The summed E-state index contributed by atoms with van der Waals surface area (Å²) in [5.74, 6) is 0.716. The van der Waals surface area contributed by atoms with Crippen LogP contribution in [0.4, 0.5) is 0 Å². The van der Waals surface area contributed by atoms with E-state index in [-0.39, 0.29) is 11.2 Å². The molecule has 0 radical (unpaired) electrons. The number of halogens is 1. The van der Waals surface area contributed by atoms with Crippen molar-refractivity contribution >= 4 is 28.3 Å². The van der Waals surface area contributed by atoms with Gasteiger partial charge in [0.15, 0.2) is 5.82 Å². The van der Waals surface area contributed by atoms with Crippen molar-refractivity contribution < 1.29 is 0 Å². The summed E-state index contributed by atoms with van der Waals surface area (Å²) < 4.78 is 0. The first-order chi connectivity index (χ1) is 10.8. The van der Waals surface area contributed by atoms with Crippen LogP contribution in [-0.4, -0.2) is 40.6 Å². The Morgan fingerprint density at radius 1 is 1.43 bits per heavy atom. The zero-order valence-electron chi connectivity index (χ0n) is 13.5. The number of likely N-dealkylation sites (N-methyl/N-ethyl adjacent to an activating group) is 1. The highest BCUT2D eigenvalue weighted by Gasteiger charge is 2.12. The Kier molecular flexibility index (Phi) is 5.12. The van der Waals surface area contributed by atoms with Gasteiger partial charge < -0.3 is 22.1 Å². The lowest BCUT2D eigenvalue weighted by Crippen LogP contribution is -2.33. The molecule has 0 spiro atoms. The third-order valence-electron chi connectivity index (χ3n) is 3.40. The molecule has 7 N–H and O–H groups in total. The Balaban J connectivity index is 2.38. The second-order valence-corrected chi connectivity index (χ2v) is 6.01. The van der Waals surface area contributed by atoms with Crippen molar-refractivity contribution in [3.05, 3.63) is 40.4 Å². The fourth-order valence-electron chi connectivity index (χ4n) is 2.32. The Hall–Kier alpha value is -2.25. The summed E-state index contributed by atoms with van der Waals surface area (Å²) in [6.07, 6.45) is 0. The van der Waals surface area contributed by atoms with Gasteiger partial charge in [0.1, 0.15) is 11.0 Å².